The molecule has 1 heterocycles. The number of methoxy groups -OCH3 is 1. The number of hydrogen-bond donors (Lipinski definition) is 2. The van der Waals surface area contributed by atoms with Crippen LogP contribution < -0.4 is 15.4 Å². The lowest BCUT2D eigenvalue weighted by molar-refractivity contribution is 0.302. The highest BCUT2D eigenvalue weighted by molar-refractivity contribution is 6.31. The summed E-state index contributed by atoms with van der Waals surface area (Å²) in [7, 11) is 1.65. The van der Waals surface area contributed by atoms with Crippen LogP contribution in [0, 0.1) is 0 Å². The van der Waals surface area contributed by atoms with Gasteiger partial charge in [-0.25, -0.2) is 0 Å². The van der Waals surface area contributed by atoms with Gasteiger partial charge in [0.25, 0.3) is 0 Å². The number of ether oxygens (including phenoxy) is 1. The summed E-state index contributed by atoms with van der Waals surface area (Å²) >= 11 is 6.28. The SMILES string of the molecule is COc1ccc(C2(C)CNCCN2)c(Cl)c1. The molecule has 4 heteroatoms. The molecule has 2 N–H and O–H groups in total. The lowest BCUT2D eigenvalue weighted by Gasteiger charge is -2.36. The van der Waals surface area contributed by atoms with Gasteiger partial charge < -0.3 is 15.4 Å². The molecule has 0 saturated carbocycles. The molecule has 1 saturated heterocycles. The van der Waals surface area contributed by atoms with E-state index in [4.69, 9.17) is 16.3 Å². The van der Waals surface area contributed by atoms with Gasteiger partial charge in [0, 0.05) is 24.7 Å². The Balaban J connectivity index is 2.32. The second-order valence-corrected chi connectivity index (χ2v) is 4.69. The highest BCUT2D eigenvalue weighted by Crippen LogP contribution is 2.31. The quantitative estimate of drug-likeness (QED) is 0.827. The first-order valence-corrected chi connectivity index (χ1v) is 5.83. The Morgan fingerprint density at radius 3 is 2.75 bits per heavy atom. The summed E-state index contributed by atoms with van der Waals surface area (Å²) in [6.45, 7) is 5.01. The fraction of sp³-hybridized carbons (Fsp3) is 0.500. The Kier molecular flexibility index (Phi) is 3.38. The normalized spacial score (nSPS) is 25.4. The zero-order valence-corrected chi connectivity index (χ0v) is 10.4. The largest absolute Gasteiger partial charge is 0.497 e. The van der Waals surface area contributed by atoms with Gasteiger partial charge in [-0.15, -0.1) is 0 Å². The van der Waals surface area contributed by atoms with E-state index in [0.717, 1.165) is 36.0 Å². The zero-order chi connectivity index (χ0) is 11.6. The molecule has 1 aromatic rings. The Hall–Kier alpha value is -0.770. The van der Waals surface area contributed by atoms with Gasteiger partial charge in [-0.2, -0.15) is 0 Å². The number of rotatable bonds is 2. The molecular weight excluding hydrogens is 224 g/mol. The number of hydrogen-bond acceptors (Lipinski definition) is 3. The van der Waals surface area contributed by atoms with Crippen LogP contribution in [0.25, 0.3) is 0 Å². The average Bonchev–Trinajstić information content (AvgIpc) is 2.29. The standard InChI is InChI=1S/C12H17ClN2O/c1-12(8-14-5-6-15-12)10-4-3-9(16-2)7-11(10)13/h3-4,7,14-15H,5-6,8H2,1-2H3. The van der Waals surface area contributed by atoms with Crippen LogP contribution in [0.5, 0.6) is 5.75 Å². The van der Waals surface area contributed by atoms with Gasteiger partial charge in [-0.1, -0.05) is 17.7 Å². The molecule has 0 radical (unpaired) electrons. The first-order valence-electron chi connectivity index (χ1n) is 5.45. The minimum absolute atomic E-state index is 0.0956. The molecule has 0 aliphatic carbocycles. The summed E-state index contributed by atoms with van der Waals surface area (Å²) in [5.41, 5.74) is 1.02. The first-order chi connectivity index (χ1) is 7.65. The summed E-state index contributed by atoms with van der Waals surface area (Å²) in [6.07, 6.45) is 0. The molecule has 1 atom stereocenters. The lowest BCUT2D eigenvalue weighted by atomic mass is 9.90. The molecule has 0 amide bonds. The van der Waals surface area contributed by atoms with Crippen molar-refractivity contribution in [3.05, 3.63) is 28.8 Å². The molecule has 1 unspecified atom stereocenters. The maximum Gasteiger partial charge on any atom is 0.120 e. The first kappa shape index (κ1) is 11.7. The van der Waals surface area contributed by atoms with Crippen LogP contribution in [-0.2, 0) is 5.54 Å². The molecular formula is C12H17ClN2O. The number of piperazine rings is 1. The predicted octanol–water partition coefficient (Wildman–Crippen LogP) is 1.76. The molecule has 3 nitrogen and oxygen atoms in total. The number of benzene rings is 1. The van der Waals surface area contributed by atoms with E-state index in [9.17, 15) is 0 Å². The molecule has 1 aliphatic rings. The Bertz CT molecular complexity index is 375. The molecule has 1 aliphatic heterocycles. The van der Waals surface area contributed by atoms with Crippen molar-refractivity contribution in [2.75, 3.05) is 26.7 Å². The van der Waals surface area contributed by atoms with Crippen molar-refractivity contribution in [3.63, 3.8) is 0 Å². The molecule has 1 aromatic carbocycles. The third-order valence-electron chi connectivity index (χ3n) is 3.07. The van der Waals surface area contributed by atoms with Crippen molar-refractivity contribution in [1.29, 1.82) is 0 Å². The second kappa shape index (κ2) is 4.62. The predicted molar refractivity (Wildman–Crippen MR) is 66.2 cm³/mol. The summed E-state index contributed by atoms with van der Waals surface area (Å²) in [5, 5.41) is 7.63. The summed E-state index contributed by atoms with van der Waals surface area (Å²) < 4.78 is 5.15. The van der Waals surface area contributed by atoms with Crippen LogP contribution in [0.4, 0.5) is 0 Å². The summed E-state index contributed by atoms with van der Waals surface area (Å²) in [5.74, 6) is 0.793. The average molecular weight is 241 g/mol. The van der Waals surface area contributed by atoms with Gasteiger partial charge in [0.05, 0.1) is 12.6 Å². The Morgan fingerprint density at radius 1 is 1.38 bits per heavy atom. The van der Waals surface area contributed by atoms with Gasteiger partial charge in [-0.3, -0.25) is 0 Å². The van der Waals surface area contributed by atoms with Gasteiger partial charge in [-0.05, 0) is 24.6 Å². The van der Waals surface area contributed by atoms with E-state index in [-0.39, 0.29) is 5.54 Å². The van der Waals surface area contributed by atoms with Crippen molar-refractivity contribution in [2.45, 2.75) is 12.5 Å². The monoisotopic (exact) mass is 240 g/mol. The molecule has 16 heavy (non-hydrogen) atoms. The van der Waals surface area contributed by atoms with Gasteiger partial charge in [0.15, 0.2) is 0 Å². The highest BCUT2D eigenvalue weighted by atomic mass is 35.5. The maximum absolute atomic E-state index is 6.28. The summed E-state index contributed by atoms with van der Waals surface area (Å²) in [6, 6.07) is 5.84. The molecule has 0 spiro atoms. The van der Waals surface area contributed by atoms with Crippen LogP contribution >= 0.6 is 11.6 Å². The van der Waals surface area contributed by atoms with E-state index in [0.29, 0.717) is 0 Å². The van der Waals surface area contributed by atoms with Crippen LogP contribution in [0.1, 0.15) is 12.5 Å². The topological polar surface area (TPSA) is 33.3 Å². The van der Waals surface area contributed by atoms with E-state index in [1.165, 1.54) is 0 Å². The van der Waals surface area contributed by atoms with Crippen molar-refractivity contribution >= 4 is 11.6 Å². The minimum atomic E-state index is -0.0956. The van der Waals surface area contributed by atoms with Crippen LogP contribution in [-0.4, -0.2) is 26.7 Å². The highest BCUT2D eigenvalue weighted by Gasteiger charge is 2.30. The van der Waals surface area contributed by atoms with Crippen molar-refractivity contribution in [3.8, 4) is 5.75 Å². The third-order valence-corrected chi connectivity index (χ3v) is 3.38. The van der Waals surface area contributed by atoms with Crippen LogP contribution in [0.3, 0.4) is 0 Å². The van der Waals surface area contributed by atoms with Gasteiger partial charge >= 0.3 is 0 Å². The fourth-order valence-electron chi connectivity index (χ4n) is 2.09. The molecule has 2 rings (SSSR count). The Morgan fingerprint density at radius 2 is 2.19 bits per heavy atom. The van der Waals surface area contributed by atoms with Crippen molar-refractivity contribution < 1.29 is 4.74 Å². The van der Waals surface area contributed by atoms with E-state index in [1.807, 2.05) is 18.2 Å². The second-order valence-electron chi connectivity index (χ2n) is 4.28. The Labute approximate surface area is 101 Å². The third kappa shape index (κ3) is 2.17. The van der Waals surface area contributed by atoms with E-state index >= 15 is 0 Å². The van der Waals surface area contributed by atoms with Crippen LogP contribution in [0.2, 0.25) is 5.02 Å². The molecule has 1 fully saturated rings. The number of halogens is 1. The number of nitrogens with one attached hydrogen (secondary N) is 2. The maximum atomic E-state index is 6.28. The fourth-order valence-corrected chi connectivity index (χ4v) is 2.47. The van der Waals surface area contributed by atoms with Gasteiger partial charge in [0.1, 0.15) is 5.75 Å². The summed E-state index contributed by atoms with van der Waals surface area (Å²) in [4.78, 5) is 0. The zero-order valence-electron chi connectivity index (χ0n) is 9.64. The molecule has 88 valence electrons. The van der Waals surface area contributed by atoms with Gasteiger partial charge in [0.2, 0.25) is 0 Å². The molecule has 0 aromatic heterocycles. The minimum Gasteiger partial charge on any atom is -0.497 e. The van der Waals surface area contributed by atoms with E-state index in [1.54, 1.807) is 7.11 Å². The van der Waals surface area contributed by atoms with Crippen molar-refractivity contribution in [1.82, 2.24) is 10.6 Å². The smallest absolute Gasteiger partial charge is 0.120 e. The lowest BCUT2D eigenvalue weighted by Crippen LogP contribution is -2.55. The van der Waals surface area contributed by atoms with Crippen LogP contribution in [0.15, 0.2) is 18.2 Å². The van der Waals surface area contributed by atoms with Crippen molar-refractivity contribution in [2.24, 2.45) is 0 Å². The van der Waals surface area contributed by atoms with E-state index < -0.39 is 0 Å². The van der Waals surface area contributed by atoms with E-state index in [2.05, 4.69) is 17.6 Å². The molecule has 0 bridgehead atoms.